The van der Waals surface area contributed by atoms with Crippen molar-refractivity contribution in [3.05, 3.63) is 60.8 Å². The molecule has 0 saturated carbocycles. The number of carbonyl (C=O) groups is 2. The van der Waals surface area contributed by atoms with Gasteiger partial charge in [0.2, 0.25) is 5.91 Å². The van der Waals surface area contributed by atoms with Gasteiger partial charge in [0.05, 0.1) is 25.4 Å². The van der Waals surface area contributed by atoms with E-state index in [1.807, 2.05) is 6.08 Å². The molecule has 0 aromatic rings. The molecule has 3 N–H and O–H groups in total. The maximum Gasteiger partial charge on any atom is 0.305 e. The van der Waals surface area contributed by atoms with Crippen LogP contribution in [0.15, 0.2) is 60.8 Å². The highest BCUT2D eigenvalue weighted by Gasteiger charge is 2.18. The molecule has 1 amide bonds. The molecule has 0 aromatic heterocycles. The molecule has 0 fully saturated rings. The Bertz CT molecular complexity index is 1500. The number of hydrogen-bond donors (Lipinski definition) is 3. The van der Waals surface area contributed by atoms with Gasteiger partial charge in [-0.3, -0.25) is 9.59 Å². The molecular weight excluding hydrogens is 1070 g/mol. The van der Waals surface area contributed by atoms with Gasteiger partial charge in [-0.1, -0.05) is 370 Å². The van der Waals surface area contributed by atoms with Gasteiger partial charge in [-0.25, -0.2) is 0 Å². The molecule has 0 bridgehead atoms. The second-order valence-corrected chi connectivity index (χ2v) is 26.7. The number of nitrogens with one attached hydrogen (secondary N) is 1. The molecule has 2 unspecified atom stereocenters. The summed E-state index contributed by atoms with van der Waals surface area (Å²) in [6.07, 6.45) is 102. The predicted octanol–water partition coefficient (Wildman–Crippen LogP) is 25.8. The first-order valence-corrected chi connectivity index (χ1v) is 39.1. The number of amides is 1. The fraction of sp³-hybridized carbons (Fsp3) is 0.852. The van der Waals surface area contributed by atoms with Crippen LogP contribution in [0.2, 0.25) is 0 Å². The lowest BCUT2D eigenvalue weighted by atomic mass is 10.0. The second kappa shape index (κ2) is 76.0. The highest BCUT2D eigenvalue weighted by atomic mass is 16.5. The minimum atomic E-state index is -0.847. The molecule has 6 nitrogen and oxygen atoms in total. The van der Waals surface area contributed by atoms with E-state index in [9.17, 15) is 19.8 Å². The van der Waals surface area contributed by atoms with Crippen LogP contribution in [0, 0.1) is 0 Å². The van der Waals surface area contributed by atoms with E-state index in [1.54, 1.807) is 6.08 Å². The predicted molar refractivity (Wildman–Crippen MR) is 384 cm³/mol. The standard InChI is InChI=1S/C81H151NO5/c1-3-5-7-9-11-13-15-17-19-21-22-23-33-36-39-42-45-49-53-57-61-65-69-73-79(84)78(77-83)82-80(85)74-70-66-62-58-54-50-46-43-40-37-34-31-29-27-25-24-26-28-30-32-35-38-41-44-48-52-56-60-64-68-72-76-87-81(86)75-71-67-63-59-55-51-47-20-18-16-14-12-10-8-6-4-2/h14,16,20,26,28,32,35,47,69,73,78-79,83-84H,3-13,15,17-19,21-25,27,29-31,33-34,36-46,48-68,70-72,74-77H2,1-2H3,(H,82,85)/b16-14-,28-26-,35-32-,47-20-,73-69+. The summed E-state index contributed by atoms with van der Waals surface area (Å²) < 4.78 is 5.49. The minimum Gasteiger partial charge on any atom is -0.466 e. The Morgan fingerprint density at radius 2 is 0.575 bits per heavy atom. The Labute approximate surface area is 543 Å². The van der Waals surface area contributed by atoms with Crippen molar-refractivity contribution in [3.63, 3.8) is 0 Å². The van der Waals surface area contributed by atoms with E-state index in [2.05, 4.69) is 67.8 Å². The summed E-state index contributed by atoms with van der Waals surface area (Å²) in [7, 11) is 0. The van der Waals surface area contributed by atoms with Crippen LogP contribution >= 0.6 is 0 Å². The van der Waals surface area contributed by atoms with Crippen molar-refractivity contribution in [1.82, 2.24) is 5.32 Å². The van der Waals surface area contributed by atoms with Crippen molar-refractivity contribution in [2.24, 2.45) is 0 Å². The number of aliphatic hydroxyl groups is 2. The molecule has 0 aliphatic rings. The Kier molecular flexibility index (Phi) is 73.9. The first-order chi connectivity index (χ1) is 43.0. The van der Waals surface area contributed by atoms with Crippen molar-refractivity contribution >= 4 is 11.9 Å². The third kappa shape index (κ3) is 72.5. The lowest BCUT2D eigenvalue weighted by Crippen LogP contribution is -2.45. The lowest BCUT2D eigenvalue weighted by Gasteiger charge is -2.20. The highest BCUT2D eigenvalue weighted by Crippen LogP contribution is 2.19. The topological polar surface area (TPSA) is 95.9 Å². The summed E-state index contributed by atoms with van der Waals surface area (Å²) in [5.41, 5.74) is 0. The number of allylic oxidation sites excluding steroid dienone is 9. The Hall–Kier alpha value is -2.44. The van der Waals surface area contributed by atoms with E-state index < -0.39 is 12.1 Å². The monoisotopic (exact) mass is 1220 g/mol. The van der Waals surface area contributed by atoms with Gasteiger partial charge in [0, 0.05) is 12.8 Å². The van der Waals surface area contributed by atoms with Gasteiger partial charge in [0.1, 0.15) is 0 Å². The number of aliphatic hydroxyl groups excluding tert-OH is 2. The van der Waals surface area contributed by atoms with Crippen LogP contribution in [-0.2, 0) is 14.3 Å². The summed E-state index contributed by atoms with van der Waals surface area (Å²) in [4.78, 5) is 24.6. The fourth-order valence-electron chi connectivity index (χ4n) is 12.1. The molecule has 0 radical (unpaired) electrons. The van der Waals surface area contributed by atoms with Crippen LogP contribution in [0.25, 0.3) is 0 Å². The Morgan fingerprint density at radius 3 is 0.885 bits per heavy atom. The number of esters is 1. The number of hydrogen-bond acceptors (Lipinski definition) is 5. The second-order valence-electron chi connectivity index (χ2n) is 26.7. The number of unbranched alkanes of at least 4 members (excludes halogenated alkanes) is 54. The van der Waals surface area contributed by atoms with Crippen LogP contribution < -0.4 is 5.32 Å². The van der Waals surface area contributed by atoms with Crippen LogP contribution in [0.1, 0.15) is 418 Å². The number of rotatable bonds is 73. The van der Waals surface area contributed by atoms with Gasteiger partial charge in [0.15, 0.2) is 0 Å². The maximum atomic E-state index is 12.5. The summed E-state index contributed by atoms with van der Waals surface area (Å²) in [6, 6.07) is -0.630. The fourth-order valence-corrected chi connectivity index (χ4v) is 12.1. The molecule has 510 valence electrons. The summed E-state index contributed by atoms with van der Waals surface area (Å²) >= 11 is 0. The van der Waals surface area contributed by atoms with Crippen molar-refractivity contribution < 1.29 is 24.5 Å². The molecule has 0 saturated heterocycles. The molecule has 87 heavy (non-hydrogen) atoms. The zero-order chi connectivity index (χ0) is 62.8. The van der Waals surface area contributed by atoms with E-state index in [4.69, 9.17) is 4.74 Å². The van der Waals surface area contributed by atoms with E-state index in [0.29, 0.717) is 19.4 Å². The Balaban J connectivity index is 3.42. The first-order valence-electron chi connectivity index (χ1n) is 39.1. The SMILES string of the molecule is CCCCCC/C=C\C/C=C\CCCCCCCC(=O)OCCCCCCCCCCC/C=C\C/C=C\CCCCCCCCCCCCCCCCCC(=O)NC(CO)C(O)/C=C/CCCCCCCCCCCCCCCCCCCCCCC. The van der Waals surface area contributed by atoms with Crippen LogP contribution in [0.5, 0.6) is 0 Å². The van der Waals surface area contributed by atoms with E-state index in [1.165, 1.54) is 334 Å². The van der Waals surface area contributed by atoms with Gasteiger partial charge in [-0.2, -0.15) is 0 Å². The number of ether oxygens (including phenoxy) is 1. The van der Waals surface area contributed by atoms with Crippen molar-refractivity contribution in [3.8, 4) is 0 Å². The molecule has 0 rings (SSSR count). The van der Waals surface area contributed by atoms with Gasteiger partial charge in [0.25, 0.3) is 0 Å². The molecular formula is C81H151NO5. The van der Waals surface area contributed by atoms with Crippen LogP contribution in [0.4, 0.5) is 0 Å². The molecule has 0 spiro atoms. The van der Waals surface area contributed by atoms with E-state index in [-0.39, 0.29) is 18.5 Å². The summed E-state index contributed by atoms with van der Waals surface area (Å²) in [5.74, 6) is -0.0640. The highest BCUT2D eigenvalue weighted by molar-refractivity contribution is 5.76. The van der Waals surface area contributed by atoms with E-state index >= 15 is 0 Å². The first kappa shape index (κ1) is 84.6. The smallest absolute Gasteiger partial charge is 0.305 e. The third-order valence-electron chi connectivity index (χ3n) is 18.0. The van der Waals surface area contributed by atoms with Gasteiger partial charge >= 0.3 is 5.97 Å². The normalized spacial score (nSPS) is 12.8. The summed E-state index contributed by atoms with van der Waals surface area (Å²) in [5, 5.41) is 23.3. The Morgan fingerprint density at radius 1 is 0.322 bits per heavy atom. The van der Waals surface area contributed by atoms with E-state index in [0.717, 1.165) is 57.8 Å². The average Bonchev–Trinajstić information content (AvgIpc) is 3.52. The molecule has 0 heterocycles. The lowest BCUT2D eigenvalue weighted by molar-refractivity contribution is -0.143. The van der Waals surface area contributed by atoms with Crippen molar-refractivity contribution in [2.45, 2.75) is 431 Å². The van der Waals surface area contributed by atoms with Crippen molar-refractivity contribution in [2.75, 3.05) is 13.2 Å². The molecule has 2 atom stereocenters. The quantitative estimate of drug-likeness (QED) is 0.0320. The minimum absolute atomic E-state index is 0.000422. The molecule has 0 aliphatic heterocycles. The third-order valence-corrected chi connectivity index (χ3v) is 18.0. The number of carbonyl (C=O) groups excluding carboxylic acids is 2. The average molecular weight is 1220 g/mol. The van der Waals surface area contributed by atoms with Gasteiger partial charge < -0.3 is 20.3 Å². The van der Waals surface area contributed by atoms with Crippen LogP contribution in [0.3, 0.4) is 0 Å². The zero-order valence-corrected chi connectivity index (χ0v) is 58.5. The van der Waals surface area contributed by atoms with Crippen LogP contribution in [-0.4, -0.2) is 47.4 Å². The largest absolute Gasteiger partial charge is 0.466 e. The molecule has 0 aromatic carbocycles. The molecule has 0 aliphatic carbocycles. The maximum absolute atomic E-state index is 12.5. The molecule has 6 heteroatoms. The summed E-state index contributed by atoms with van der Waals surface area (Å²) in [6.45, 7) is 4.91. The van der Waals surface area contributed by atoms with Crippen molar-refractivity contribution in [1.29, 1.82) is 0 Å². The van der Waals surface area contributed by atoms with Gasteiger partial charge in [-0.05, 0) is 96.3 Å². The zero-order valence-electron chi connectivity index (χ0n) is 58.5. The van der Waals surface area contributed by atoms with Gasteiger partial charge in [-0.15, -0.1) is 0 Å².